The molecule has 19 heavy (non-hydrogen) atoms. The SMILES string of the molecule is O=C(O)c1ccc2c(c1)CN(C(=O)NCC(F)F)C2. The maximum absolute atomic E-state index is 12.0. The van der Waals surface area contributed by atoms with E-state index < -0.39 is 25.0 Å². The van der Waals surface area contributed by atoms with Crippen molar-refractivity contribution >= 4 is 12.0 Å². The second kappa shape index (κ2) is 5.21. The van der Waals surface area contributed by atoms with Gasteiger partial charge in [0.15, 0.2) is 0 Å². The van der Waals surface area contributed by atoms with Crippen LogP contribution in [0.4, 0.5) is 13.6 Å². The maximum Gasteiger partial charge on any atom is 0.335 e. The Morgan fingerprint density at radius 2 is 2.00 bits per heavy atom. The van der Waals surface area contributed by atoms with Crippen molar-refractivity contribution in [1.82, 2.24) is 10.2 Å². The van der Waals surface area contributed by atoms with Crippen LogP contribution in [0, 0.1) is 0 Å². The van der Waals surface area contributed by atoms with Gasteiger partial charge < -0.3 is 15.3 Å². The fourth-order valence-electron chi connectivity index (χ4n) is 1.95. The van der Waals surface area contributed by atoms with Crippen LogP contribution in [0.2, 0.25) is 0 Å². The lowest BCUT2D eigenvalue weighted by Gasteiger charge is -2.15. The summed E-state index contributed by atoms with van der Waals surface area (Å²) in [5, 5.41) is 11.0. The predicted molar refractivity (Wildman–Crippen MR) is 62.1 cm³/mol. The van der Waals surface area contributed by atoms with E-state index in [1.807, 2.05) is 0 Å². The summed E-state index contributed by atoms with van der Waals surface area (Å²) in [6, 6.07) is 4.02. The standard InChI is InChI=1S/C12H12F2N2O3/c13-10(14)4-15-12(19)16-5-8-2-1-7(11(17)18)3-9(8)6-16/h1-3,10H,4-6H2,(H,15,19)(H,17,18). The minimum absolute atomic E-state index is 0.147. The van der Waals surface area contributed by atoms with Crippen molar-refractivity contribution < 1.29 is 23.5 Å². The van der Waals surface area contributed by atoms with Crippen LogP contribution in [-0.4, -0.2) is 35.0 Å². The highest BCUT2D eigenvalue weighted by atomic mass is 19.3. The first-order valence-electron chi connectivity index (χ1n) is 5.63. The average Bonchev–Trinajstić information content (AvgIpc) is 2.78. The van der Waals surface area contributed by atoms with Crippen molar-refractivity contribution in [1.29, 1.82) is 0 Å². The lowest BCUT2D eigenvalue weighted by atomic mass is 10.1. The van der Waals surface area contributed by atoms with Crippen LogP contribution in [0.1, 0.15) is 21.5 Å². The van der Waals surface area contributed by atoms with Crippen molar-refractivity contribution in [2.24, 2.45) is 0 Å². The van der Waals surface area contributed by atoms with Crippen LogP contribution < -0.4 is 5.32 Å². The molecule has 102 valence electrons. The molecule has 0 saturated heterocycles. The number of urea groups is 1. The molecule has 0 atom stereocenters. The van der Waals surface area contributed by atoms with Gasteiger partial charge >= 0.3 is 12.0 Å². The zero-order chi connectivity index (χ0) is 14.0. The molecule has 0 aromatic heterocycles. The number of nitrogens with zero attached hydrogens (tertiary/aromatic N) is 1. The number of carboxylic acids is 1. The normalized spacial score (nSPS) is 13.5. The number of carbonyl (C=O) groups is 2. The van der Waals surface area contributed by atoms with Crippen molar-refractivity contribution in [3.63, 3.8) is 0 Å². The molecule has 2 rings (SSSR count). The minimum atomic E-state index is -2.59. The number of hydrogen-bond donors (Lipinski definition) is 2. The van der Waals surface area contributed by atoms with Gasteiger partial charge in [-0.2, -0.15) is 0 Å². The third kappa shape index (κ3) is 2.98. The Morgan fingerprint density at radius 1 is 1.32 bits per heavy atom. The van der Waals surface area contributed by atoms with E-state index in [0.29, 0.717) is 6.54 Å². The van der Waals surface area contributed by atoms with Gasteiger partial charge in [0.1, 0.15) is 0 Å². The Labute approximate surface area is 107 Å². The predicted octanol–water partition coefficient (Wildman–Crippen LogP) is 1.68. The summed E-state index contributed by atoms with van der Waals surface area (Å²) in [5.41, 5.74) is 1.71. The van der Waals surface area contributed by atoms with Crippen molar-refractivity contribution in [2.45, 2.75) is 19.5 Å². The number of fused-ring (bicyclic) bond motifs is 1. The molecule has 1 aromatic carbocycles. The molecule has 2 N–H and O–H groups in total. The number of alkyl halides is 2. The first-order chi connectivity index (χ1) is 8.97. The average molecular weight is 270 g/mol. The van der Waals surface area contributed by atoms with E-state index in [1.54, 1.807) is 6.07 Å². The van der Waals surface area contributed by atoms with Crippen molar-refractivity contribution in [2.75, 3.05) is 6.54 Å². The number of halogens is 2. The van der Waals surface area contributed by atoms with Crippen LogP contribution >= 0.6 is 0 Å². The van der Waals surface area contributed by atoms with Gasteiger partial charge in [-0.3, -0.25) is 0 Å². The summed E-state index contributed by atoms with van der Waals surface area (Å²) < 4.78 is 24.0. The molecule has 5 nitrogen and oxygen atoms in total. The van der Waals surface area contributed by atoms with Gasteiger partial charge in [-0.15, -0.1) is 0 Å². The van der Waals surface area contributed by atoms with E-state index in [0.717, 1.165) is 11.1 Å². The summed E-state index contributed by atoms with van der Waals surface area (Å²) in [7, 11) is 0. The number of aromatic carboxylic acids is 1. The van der Waals surface area contributed by atoms with E-state index in [9.17, 15) is 18.4 Å². The van der Waals surface area contributed by atoms with E-state index in [4.69, 9.17) is 5.11 Å². The van der Waals surface area contributed by atoms with Crippen LogP contribution in [0.3, 0.4) is 0 Å². The summed E-state index contributed by atoms with van der Waals surface area (Å²) in [6.45, 7) is -0.165. The van der Waals surface area contributed by atoms with Gasteiger partial charge in [-0.05, 0) is 23.3 Å². The highest BCUT2D eigenvalue weighted by Crippen LogP contribution is 2.23. The summed E-state index contributed by atoms with van der Waals surface area (Å²) in [5.74, 6) is -1.04. The number of amides is 2. The molecular weight excluding hydrogens is 258 g/mol. The number of hydrogen-bond acceptors (Lipinski definition) is 2. The van der Waals surface area contributed by atoms with Crippen molar-refractivity contribution in [3.8, 4) is 0 Å². The molecular formula is C12H12F2N2O3. The van der Waals surface area contributed by atoms with Gasteiger partial charge in [0.25, 0.3) is 6.43 Å². The molecule has 0 saturated carbocycles. The summed E-state index contributed by atoms with van der Waals surface area (Å²) in [4.78, 5) is 23.8. The highest BCUT2D eigenvalue weighted by Gasteiger charge is 2.24. The maximum atomic E-state index is 12.0. The summed E-state index contributed by atoms with van der Waals surface area (Å²) in [6.07, 6.45) is -2.59. The van der Waals surface area contributed by atoms with Gasteiger partial charge in [-0.25, -0.2) is 18.4 Å². The molecule has 0 radical (unpaired) electrons. The van der Waals surface area contributed by atoms with E-state index in [-0.39, 0.29) is 12.1 Å². The molecule has 0 spiro atoms. The Hall–Kier alpha value is -2.18. The molecule has 1 aliphatic heterocycles. The second-order valence-electron chi connectivity index (χ2n) is 4.22. The number of carbonyl (C=O) groups excluding carboxylic acids is 1. The third-order valence-electron chi connectivity index (χ3n) is 2.87. The molecule has 1 aliphatic rings. The molecule has 0 unspecified atom stereocenters. The second-order valence-corrected chi connectivity index (χ2v) is 4.22. The Bertz CT molecular complexity index is 520. The van der Waals surface area contributed by atoms with Crippen LogP contribution in [0.15, 0.2) is 18.2 Å². The number of benzene rings is 1. The molecule has 7 heteroatoms. The fourth-order valence-corrected chi connectivity index (χ4v) is 1.95. The van der Waals surface area contributed by atoms with Gasteiger partial charge in [-0.1, -0.05) is 6.07 Å². The minimum Gasteiger partial charge on any atom is -0.478 e. The van der Waals surface area contributed by atoms with Gasteiger partial charge in [0.2, 0.25) is 0 Å². The monoisotopic (exact) mass is 270 g/mol. The van der Waals surface area contributed by atoms with Gasteiger partial charge in [0.05, 0.1) is 12.1 Å². The third-order valence-corrected chi connectivity index (χ3v) is 2.87. The zero-order valence-electron chi connectivity index (χ0n) is 9.90. The number of carboxylic acid groups (broad SMARTS) is 1. The zero-order valence-corrected chi connectivity index (χ0v) is 9.90. The molecule has 0 fully saturated rings. The molecule has 1 heterocycles. The molecule has 0 aliphatic carbocycles. The van der Waals surface area contributed by atoms with Crippen LogP contribution in [-0.2, 0) is 13.1 Å². The molecule has 1 aromatic rings. The lowest BCUT2D eigenvalue weighted by molar-refractivity contribution is 0.0696. The van der Waals surface area contributed by atoms with Crippen molar-refractivity contribution in [3.05, 3.63) is 34.9 Å². The Balaban J connectivity index is 2.03. The lowest BCUT2D eigenvalue weighted by Crippen LogP contribution is -2.38. The van der Waals surface area contributed by atoms with E-state index >= 15 is 0 Å². The Kier molecular flexibility index (Phi) is 3.64. The van der Waals surface area contributed by atoms with E-state index in [1.165, 1.54) is 17.0 Å². The Morgan fingerprint density at radius 3 is 2.63 bits per heavy atom. The van der Waals surface area contributed by atoms with E-state index in [2.05, 4.69) is 5.32 Å². The quantitative estimate of drug-likeness (QED) is 0.877. The fraction of sp³-hybridized carbons (Fsp3) is 0.333. The van der Waals surface area contributed by atoms with Crippen LogP contribution in [0.5, 0.6) is 0 Å². The first kappa shape index (κ1) is 13.3. The number of rotatable bonds is 3. The highest BCUT2D eigenvalue weighted by molar-refractivity contribution is 5.88. The largest absolute Gasteiger partial charge is 0.478 e. The molecule has 0 bridgehead atoms. The topological polar surface area (TPSA) is 69.6 Å². The summed E-state index contributed by atoms with van der Waals surface area (Å²) >= 11 is 0. The van der Waals surface area contributed by atoms with Gasteiger partial charge in [0, 0.05) is 13.1 Å². The number of nitrogens with one attached hydrogen (secondary N) is 1. The smallest absolute Gasteiger partial charge is 0.335 e. The first-order valence-corrected chi connectivity index (χ1v) is 5.63. The van der Waals surface area contributed by atoms with Crippen LogP contribution in [0.25, 0.3) is 0 Å². The molecule has 2 amide bonds.